The Labute approximate surface area is 113 Å². The molecule has 0 heterocycles. The van der Waals surface area contributed by atoms with Gasteiger partial charge in [-0.2, -0.15) is 5.26 Å². The van der Waals surface area contributed by atoms with Crippen molar-refractivity contribution < 1.29 is 4.74 Å². The van der Waals surface area contributed by atoms with Gasteiger partial charge in [0.2, 0.25) is 0 Å². The quantitative estimate of drug-likeness (QED) is 0.859. The first kappa shape index (κ1) is 13.1. The van der Waals surface area contributed by atoms with Gasteiger partial charge in [-0.3, -0.25) is 0 Å². The second-order valence-corrected chi connectivity index (χ2v) is 4.18. The number of ether oxygens (including phenoxy) is 1. The highest BCUT2D eigenvalue weighted by Crippen LogP contribution is 2.13. The van der Waals surface area contributed by atoms with Crippen LogP contribution in [-0.2, 0) is 13.1 Å². The Hall–Kier alpha value is -2.31. The van der Waals surface area contributed by atoms with Gasteiger partial charge in [-0.25, -0.2) is 0 Å². The number of hydrogen-bond donors (Lipinski definition) is 1. The number of nitrogens with zero attached hydrogens (tertiary/aromatic N) is 1. The molecule has 2 aromatic rings. The fourth-order valence-corrected chi connectivity index (χ4v) is 1.81. The summed E-state index contributed by atoms with van der Waals surface area (Å²) < 4.78 is 5.27. The molecule has 2 aromatic carbocycles. The second-order valence-electron chi connectivity index (χ2n) is 4.18. The topological polar surface area (TPSA) is 45.0 Å². The van der Waals surface area contributed by atoms with E-state index in [1.165, 1.54) is 5.56 Å². The molecule has 0 unspecified atom stereocenters. The summed E-state index contributed by atoms with van der Waals surface area (Å²) in [5, 5.41) is 11.9. The van der Waals surface area contributed by atoms with Crippen LogP contribution in [0.15, 0.2) is 54.6 Å². The predicted molar refractivity (Wildman–Crippen MR) is 74.5 cm³/mol. The number of nitriles is 1. The van der Waals surface area contributed by atoms with Crippen LogP contribution in [0.1, 0.15) is 11.1 Å². The van der Waals surface area contributed by atoms with Gasteiger partial charge in [0.05, 0.1) is 0 Å². The molecule has 1 N–H and O–H groups in total. The fraction of sp³-hybridized carbons (Fsp3) is 0.188. The van der Waals surface area contributed by atoms with Crippen LogP contribution in [-0.4, -0.2) is 6.61 Å². The minimum absolute atomic E-state index is 0.0842. The van der Waals surface area contributed by atoms with Crippen LogP contribution in [0.2, 0.25) is 0 Å². The van der Waals surface area contributed by atoms with Crippen molar-refractivity contribution in [3.05, 3.63) is 65.7 Å². The molecule has 0 amide bonds. The molecule has 0 radical (unpaired) electrons. The van der Waals surface area contributed by atoms with Gasteiger partial charge in [0.25, 0.3) is 0 Å². The van der Waals surface area contributed by atoms with Crippen molar-refractivity contribution in [2.75, 3.05) is 6.61 Å². The van der Waals surface area contributed by atoms with E-state index in [-0.39, 0.29) is 6.61 Å². The Morgan fingerprint density at radius 2 is 1.68 bits per heavy atom. The maximum atomic E-state index is 8.48. The third kappa shape index (κ3) is 4.46. The third-order valence-corrected chi connectivity index (χ3v) is 2.70. The Kier molecular flexibility index (Phi) is 4.97. The normalized spacial score (nSPS) is 9.84. The molecule has 2 rings (SSSR count). The highest BCUT2D eigenvalue weighted by molar-refractivity contribution is 5.28. The predicted octanol–water partition coefficient (Wildman–Crippen LogP) is 2.88. The minimum Gasteiger partial charge on any atom is -0.479 e. The smallest absolute Gasteiger partial charge is 0.174 e. The highest BCUT2D eigenvalue weighted by atomic mass is 16.5. The van der Waals surface area contributed by atoms with Crippen LogP contribution in [0.25, 0.3) is 0 Å². The monoisotopic (exact) mass is 252 g/mol. The van der Waals surface area contributed by atoms with Crippen molar-refractivity contribution in [3.63, 3.8) is 0 Å². The van der Waals surface area contributed by atoms with Crippen molar-refractivity contribution in [2.45, 2.75) is 13.1 Å². The van der Waals surface area contributed by atoms with Gasteiger partial charge in [-0.15, -0.1) is 0 Å². The molecule has 0 aliphatic carbocycles. The van der Waals surface area contributed by atoms with E-state index in [1.54, 1.807) is 0 Å². The van der Waals surface area contributed by atoms with E-state index in [2.05, 4.69) is 17.4 Å². The average molecular weight is 252 g/mol. The molecular formula is C16H16N2O. The summed E-state index contributed by atoms with van der Waals surface area (Å²) in [5.41, 5.74) is 2.41. The lowest BCUT2D eigenvalue weighted by Crippen LogP contribution is -2.12. The van der Waals surface area contributed by atoms with Gasteiger partial charge >= 0.3 is 0 Å². The SMILES string of the molecule is N#CCOc1cccc(CNCc2ccccc2)c1. The van der Waals surface area contributed by atoms with Gasteiger partial charge in [0.15, 0.2) is 6.61 Å². The molecule has 0 saturated carbocycles. The zero-order valence-corrected chi connectivity index (χ0v) is 10.7. The van der Waals surface area contributed by atoms with E-state index in [1.807, 2.05) is 48.5 Å². The third-order valence-electron chi connectivity index (χ3n) is 2.70. The van der Waals surface area contributed by atoms with Crippen LogP contribution in [0, 0.1) is 11.3 Å². The molecule has 3 nitrogen and oxygen atoms in total. The van der Waals surface area contributed by atoms with Crippen LogP contribution < -0.4 is 10.1 Å². The van der Waals surface area contributed by atoms with Gasteiger partial charge in [0.1, 0.15) is 11.8 Å². The van der Waals surface area contributed by atoms with E-state index >= 15 is 0 Å². The number of hydrogen-bond acceptors (Lipinski definition) is 3. The average Bonchev–Trinajstić information content (AvgIpc) is 2.47. The largest absolute Gasteiger partial charge is 0.479 e. The minimum atomic E-state index is 0.0842. The van der Waals surface area contributed by atoms with Crippen LogP contribution in [0.5, 0.6) is 5.75 Å². The van der Waals surface area contributed by atoms with Crippen molar-refractivity contribution in [1.82, 2.24) is 5.32 Å². The Morgan fingerprint density at radius 1 is 0.947 bits per heavy atom. The van der Waals surface area contributed by atoms with Crippen LogP contribution in [0.3, 0.4) is 0 Å². The summed E-state index contributed by atoms with van der Waals surface area (Å²) in [5.74, 6) is 0.737. The Balaban J connectivity index is 1.84. The van der Waals surface area contributed by atoms with Crippen LogP contribution in [0.4, 0.5) is 0 Å². The highest BCUT2D eigenvalue weighted by Gasteiger charge is 1.97. The van der Waals surface area contributed by atoms with Gasteiger partial charge in [0, 0.05) is 13.1 Å². The van der Waals surface area contributed by atoms with E-state index in [0.717, 1.165) is 24.4 Å². The fourth-order valence-electron chi connectivity index (χ4n) is 1.81. The van der Waals surface area contributed by atoms with Crippen molar-refractivity contribution in [1.29, 1.82) is 5.26 Å². The molecule has 0 aromatic heterocycles. The zero-order valence-electron chi connectivity index (χ0n) is 10.7. The molecule has 3 heteroatoms. The molecule has 0 spiro atoms. The number of nitrogens with one attached hydrogen (secondary N) is 1. The van der Waals surface area contributed by atoms with Gasteiger partial charge in [-0.05, 0) is 23.3 Å². The Morgan fingerprint density at radius 3 is 2.47 bits per heavy atom. The molecule has 0 fully saturated rings. The first-order valence-electron chi connectivity index (χ1n) is 6.22. The lowest BCUT2D eigenvalue weighted by Gasteiger charge is -2.07. The standard InChI is InChI=1S/C16H16N2O/c17-9-10-19-16-8-4-7-15(11-16)13-18-12-14-5-2-1-3-6-14/h1-8,11,18H,10,12-13H2. The second kappa shape index (κ2) is 7.20. The van der Waals surface area contributed by atoms with E-state index < -0.39 is 0 Å². The van der Waals surface area contributed by atoms with Gasteiger partial charge in [-0.1, -0.05) is 42.5 Å². The molecule has 19 heavy (non-hydrogen) atoms. The summed E-state index contributed by atoms with van der Waals surface area (Å²) in [6, 6.07) is 20.0. The lowest BCUT2D eigenvalue weighted by atomic mass is 10.2. The Bertz CT molecular complexity index is 546. The molecule has 96 valence electrons. The molecule has 0 aliphatic rings. The molecular weight excluding hydrogens is 236 g/mol. The molecule has 0 bridgehead atoms. The van der Waals surface area contributed by atoms with E-state index in [4.69, 9.17) is 10.00 Å². The molecule has 0 saturated heterocycles. The van der Waals surface area contributed by atoms with Crippen molar-refractivity contribution in [3.8, 4) is 11.8 Å². The summed E-state index contributed by atoms with van der Waals surface area (Å²) in [4.78, 5) is 0. The lowest BCUT2D eigenvalue weighted by molar-refractivity contribution is 0.367. The summed E-state index contributed by atoms with van der Waals surface area (Å²) in [6.45, 7) is 1.70. The number of rotatable bonds is 6. The van der Waals surface area contributed by atoms with E-state index in [9.17, 15) is 0 Å². The molecule has 0 atom stereocenters. The summed E-state index contributed by atoms with van der Waals surface area (Å²) in [7, 11) is 0. The maximum absolute atomic E-state index is 8.48. The zero-order chi connectivity index (χ0) is 13.3. The van der Waals surface area contributed by atoms with E-state index in [0.29, 0.717) is 0 Å². The summed E-state index contributed by atoms with van der Waals surface area (Å²) >= 11 is 0. The van der Waals surface area contributed by atoms with Gasteiger partial charge < -0.3 is 10.1 Å². The first-order chi connectivity index (χ1) is 9.38. The molecule has 0 aliphatic heterocycles. The maximum Gasteiger partial charge on any atom is 0.174 e. The van der Waals surface area contributed by atoms with Crippen molar-refractivity contribution >= 4 is 0 Å². The first-order valence-corrected chi connectivity index (χ1v) is 6.22. The number of benzene rings is 2. The summed E-state index contributed by atoms with van der Waals surface area (Å²) in [6.07, 6.45) is 0. The van der Waals surface area contributed by atoms with Crippen molar-refractivity contribution in [2.24, 2.45) is 0 Å². The van der Waals surface area contributed by atoms with Crippen LogP contribution >= 0.6 is 0 Å².